The van der Waals surface area contributed by atoms with Crippen LogP contribution in [0.3, 0.4) is 0 Å². The summed E-state index contributed by atoms with van der Waals surface area (Å²) < 4.78 is 5.21. The number of rotatable bonds is 3. The van der Waals surface area contributed by atoms with E-state index in [0.29, 0.717) is 17.0 Å². The Labute approximate surface area is 113 Å². The largest absolute Gasteiger partial charge is 0.495 e. The normalized spacial score (nSPS) is 15.6. The lowest BCUT2D eigenvalue weighted by molar-refractivity contribution is -0.120. The first kappa shape index (κ1) is 13.4. The van der Waals surface area contributed by atoms with Gasteiger partial charge < -0.3 is 10.1 Å². The van der Waals surface area contributed by atoms with E-state index in [1.807, 2.05) is 0 Å². The molecule has 0 spiro atoms. The fourth-order valence-electron chi connectivity index (χ4n) is 2.51. The number of methoxy groups -OCH3 is 1. The van der Waals surface area contributed by atoms with Crippen LogP contribution in [0.5, 0.6) is 5.75 Å². The minimum atomic E-state index is 0.000648. The number of amides is 1. The van der Waals surface area contributed by atoms with E-state index >= 15 is 0 Å². The van der Waals surface area contributed by atoms with Gasteiger partial charge in [0.2, 0.25) is 5.91 Å². The Morgan fingerprint density at radius 2 is 2.11 bits per heavy atom. The molecule has 1 N–H and O–H groups in total. The smallest absolute Gasteiger partial charge is 0.227 e. The number of carbonyl (C=O) groups excluding carboxylic acids is 1. The third kappa shape index (κ3) is 3.05. The van der Waals surface area contributed by atoms with Gasteiger partial charge in [-0.15, -0.1) is 0 Å². The molecule has 0 bridgehead atoms. The van der Waals surface area contributed by atoms with Crippen LogP contribution in [0.4, 0.5) is 5.69 Å². The van der Waals surface area contributed by atoms with Crippen molar-refractivity contribution in [2.45, 2.75) is 32.1 Å². The van der Waals surface area contributed by atoms with Crippen molar-refractivity contribution >= 4 is 11.6 Å². The Kier molecular flexibility index (Phi) is 4.40. The molecule has 0 radical (unpaired) electrons. The molecule has 1 fully saturated rings. The lowest BCUT2D eigenvalue weighted by Gasteiger charge is -2.21. The van der Waals surface area contributed by atoms with Crippen LogP contribution in [0.1, 0.15) is 37.7 Å². The fraction of sp³-hybridized carbons (Fsp3) is 0.467. The molecule has 1 aromatic carbocycles. The molecule has 1 aliphatic rings. The summed E-state index contributed by atoms with van der Waals surface area (Å²) in [6.45, 7) is 0. The van der Waals surface area contributed by atoms with Gasteiger partial charge in [0, 0.05) is 5.92 Å². The SMILES string of the molecule is COc1cccc(C#N)c1NC(=O)C1CCCCC1. The van der Waals surface area contributed by atoms with Crippen LogP contribution in [-0.2, 0) is 4.79 Å². The fourth-order valence-corrected chi connectivity index (χ4v) is 2.51. The van der Waals surface area contributed by atoms with Crippen molar-refractivity contribution in [3.8, 4) is 11.8 Å². The predicted octanol–water partition coefficient (Wildman–Crippen LogP) is 3.09. The zero-order valence-electron chi connectivity index (χ0n) is 11.1. The first-order chi connectivity index (χ1) is 9.26. The number of benzene rings is 1. The summed E-state index contributed by atoms with van der Waals surface area (Å²) in [6.07, 6.45) is 5.29. The van der Waals surface area contributed by atoms with Crippen LogP contribution in [-0.4, -0.2) is 13.0 Å². The highest BCUT2D eigenvalue weighted by Gasteiger charge is 2.22. The number of para-hydroxylation sites is 1. The quantitative estimate of drug-likeness (QED) is 0.906. The third-order valence-corrected chi connectivity index (χ3v) is 3.59. The first-order valence-electron chi connectivity index (χ1n) is 6.64. The Morgan fingerprint density at radius 1 is 1.37 bits per heavy atom. The van der Waals surface area contributed by atoms with Gasteiger partial charge in [-0.3, -0.25) is 4.79 Å². The highest BCUT2D eigenvalue weighted by molar-refractivity contribution is 5.95. The van der Waals surface area contributed by atoms with Gasteiger partial charge in [0.25, 0.3) is 0 Å². The molecule has 0 saturated heterocycles. The minimum Gasteiger partial charge on any atom is -0.495 e. The molecular formula is C15H18N2O2. The summed E-state index contributed by atoms with van der Waals surface area (Å²) in [4.78, 5) is 12.2. The summed E-state index contributed by atoms with van der Waals surface area (Å²) in [5.74, 6) is 0.592. The van der Waals surface area contributed by atoms with Crippen molar-refractivity contribution in [2.24, 2.45) is 5.92 Å². The number of ether oxygens (including phenoxy) is 1. The second kappa shape index (κ2) is 6.24. The van der Waals surface area contributed by atoms with E-state index in [4.69, 9.17) is 10.00 Å². The van der Waals surface area contributed by atoms with Crippen molar-refractivity contribution in [3.05, 3.63) is 23.8 Å². The summed E-state index contributed by atoms with van der Waals surface area (Å²) in [6, 6.07) is 7.25. The third-order valence-electron chi connectivity index (χ3n) is 3.59. The summed E-state index contributed by atoms with van der Waals surface area (Å²) >= 11 is 0. The van der Waals surface area contributed by atoms with E-state index in [9.17, 15) is 4.79 Å². The van der Waals surface area contributed by atoms with Gasteiger partial charge in [0.05, 0.1) is 12.7 Å². The zero-order chi connectivity index (χ0) is 13.7. The Hall–Kier alpha value is -2.02. The molecule has 1 aliphatic carbocycles. The average molecular weight is 258 g/mol. The lowest BCUT2D eigenvalue weighted by atomic mass is 9.88. The van der Waals surface area contributed by atoms with Crippen LogP contribution >= 0.6 is 0 Å². The van der Waals surface area contributed by atoms with E-state index < -0.39 is 0 Å². The number of carbonyl (C=O) groups is 1. The molecule has 2 rings (SSSR count). The minimum absolute atomic E-state index is 0.000648. The molecular weight excluding hydrogens is 240 g/mol. The molecule has 1 saturated carbocycles. The Bertz CT molecular complexity index is 499. The van der Waals surface area contributed by atoms with Gasteiger partial charge in [-0.1, -0.05) is 25.3 Å². The highest BCUT2D eigenvalue weighted by atomic mass is 16.5. The maximum Gasteiger partial charge on any atom is 0.227 e. The molecule has 0 heterocycles. The molecule has 4 nitrogen and oxygen atoms in total. The molecule has 0 aromatic heterocycles. The maximum atomic E-state index is 12.2. The standard InChI is InChI=1S/C15H18N2O2/c1-19-13-9-5-8-12(10-16)14(13)17-15(18)11-6-3-2-4-7-11/h5,8-9,11H,2-4,6-7H2,1H3,(H,17,18). The van der Waals surface area contributed by atoms with Crippen LogP contribution in [0.25, 0.3) is 0 Å². The maximum absolute atomic E-state index is 12.2. The van der Waals surface area contributed by atoms with E-state index in [2.05, 4.69) is 11.4 Å². The van der Waals surface area contributed by atoms with Crippen molar-refractivity contribution in [1.82, 2.24) is 0 Å². The van der Waals surface area contributed by atoms with E-state index in [0.717, 1.165) is 25.7 Å². The topological polar surface area (TPSA) is 62.1 Å². The van der Waals surface area contributed by atoms with Crippen LogP contribution in [0, 0.1) is 17.2 Å². The molecule has 100 valence electrons. The summed E-state index contributed by atoms with van der Waals surface area (Å²) in [7, 11) is 1.53. The lowest BCUT2D eigenvalue weighted by Crippen LogP contribution is -2.25. The van der Waals surface area contributed by atoms with E-state index in [-0.39, 0.29) is 11.8 Å². The molecule has 19 heavy (non-hydrogen) atoms. The van der Waals surface area contributed by atoms with Crippen molar-refractivity contribution in [3.63, 3.8) is 0 Å². The van der Waals surface area contributed by atoms with Gasteiger partial charge in [0.1, 0.15) is 17.5 Å². The van der Waals surface area contributed by atoms with Gasteiger partial charge >= 0.3 is 0 Å². The van der Waals surface area contributed by atoms with Crippen molar-refractivity contribution in [1.29, 1.82) is 5.26 Å². The van der Waals surface area contributed by atoms with Gasteiger partial charge in [-0.05, 0) is 25.0 Å². The van der Waals surface area contributed by atoms with E-state index in [1.165, 1.54) is 13.5 Å². The van der Waals surface area contributed by atoms with Crippen molar-refractivity contribution in [2.75, 3.05) is 12.4 Å². The van der Waals surface area contributed by atoms with Gasteiger partial charge in [-0.25, -0.2) is 0 Å². The molecule has 1 aromatic rings. The molecule has 4 heteroatoms. The Morgan fingerprint density at radius 3 is 2.74 bits per heavy atom. The number of nitrogens with one attached hydrogen (secondary N) is 1. The van der Waals surface area contributed by atoms with Gasteiger partial charge in [0.15, 0.2) is 0 Å². The molecule has 1 amide bonds. The summed E-state index contributed by atoms with van der Waals surface area (Å²) in [5.41, 5.74) is 0.923. The predicted molar refractivity (Wildman–Crippen MR) is 72.9 cm³/mol. The zero-order valence-corrected chi connectivity index (χ0v) is 11.1. The highest BCUT2D eigenvalue weighted by Crippen LogP contribution is 2.30. The molecule has 0 unspecified atom stereocenters. The second-order valence-corrected chi connectivity index (χ2v) is 4.82. The van der Waals surface area contributed by atoms with E-state index in [1.54, 1.807) is 18.2 Å². The van der Waals surface area contributed by atoms with Crippen LogP contribution in [0.15, 0.2) is 18.2 Å². The van der Waals surface area contributed by atoms with Gasteiger partial charge in [-0.2, -0.15) is 5.26 Å². The molecule has 0 aliphatic heterocycles. The Balaban J connectivity index is 2.18. The number of nitriles is 1. The second-order valence-electron chi connectivity index (χ2n) is 4.82. The number of hydrogen-bond acceptors (Lipinski definition) is 3. The van der Waals surface area contributed by atoms with Crippen LogP contribution in [0.2, 0.25) is 0 Å². The first-order valence-corrected chi connectivity index (χ1v) is 6.64. The molecule has 0 atom stereocenters. The average Bonchev–Trinajstić information content (AvgIpc) is 2.48. The van der Waals surface area contributed by atoms with Crippen LogP contribution < -0.4 is 10.1 Å². The summed E-state index contributed by atoms with van der Waals surface area (Å²) in [5, 5.41) is 12.0. The number of nitrogens with zero attached hydrogens (tertiary/aromatic N) is 1. The number of anilines is 1. The number of hydrogen-bond donors (Lipinski definition) is 1. The monoisotopic (exact) mass is 258 g/mol. The van der Waals surface area contributed by atoms with Crippen molar-refractivity contribution < 1.29 is 9.53 Å².